The van der Waals surface area contributed by atoms with Crippen molar-refractivity contribution in [2.45, 2.75) is 105 Å². The van der Waals surface area contributed by atoms with E-state index in [-0.39, 0.29) is 0 Å². The number of rotatable bonds is 12. The van der Waals surface area contributed by atoms with Gasteiger partial charge in [-0.1, -0.05) is 65.5 Å². The minimum atomic E-state index is 1.05. The van der Waals surface area contributed by atoms with Gasteiger partial charge in [-0.2, -0.15) is 0 Å². The molecule has 0 unspecified atom stereocenters. The fourth-order valence-corrected chi connectivity index (χ4v) is 3.87. The Labute approximate surface area is 170 Å². The number of aryl methyl sites for hydroxylation is 4. The highest BCUT2D eigenvalue weighted by atomic mass is 15.2. The summed E-state index contributed by atoms with van der Waals surface area (Å²) < 4.78 is 9.39. The molecule has 4 heteroatoms. The van der Waals surface area contributed by atoms with Gasteiger partial charge in [-0.3, -0.25) is 0 Å². The van der Waals surface area contributed by atoms with E-state index in [9.17, 15) is 0 Å². The molecule has 0 saturated heterocycles. The van der Waals surface area contributed by atoms with Crippen molar-refractivity contribution in [3.8, 4) is 0 Å². The van der Waals surface area contributed by atoms with Crippen LogP contribution in [0.1, 0.15) is 79.1 Å². The van der Waals surface area contributed by atoms with Crippen LogP contribution in [0.3, 0.4) is 0 Å². The molecule has 0 aliphatic rings. The lowest BCUT2D eigenvalue weighted by Crippen LogP contribution is -2.34. The van der Waals surface area contributed by atoms with E-state index in [0.29, 0.717) is 0 Å². The quantitative estimate of drug-likeness (QED) is 0.311. The second kappa shape index (κ2) is 10.1. The molecule has 0 N–H and O–H groups in total. The van der Waals surface area contributed by atoms with Gasteiger partial charge < -0.3 is 18.3 Å². The first kappa shape index (κ1) is 20.9. The molecule has 154 valence electrons. The summed E-state index contributed by atoms with van der Waals surface area (Å²) in [7, 11) is 0. The summed E-state index contributed by atoms with van der Waals surface area (Å²) in [4.78, 5) is 0. The van der Waals surface area contributed by atoms with E-state index in [1.807, 2.05) is 0 Å². The molecule has 0 atom stereocenters. The normalized spacial score (nSPS) is 11.9. The molecule has 0 aliphatic heterocycles. The van der Waals surface area contributed by atoms with Gasteiger partial charge in [-0.05, 0) is 25.7 Å². The highest BCUT2D eigenvalue weighted by Gasteiger charge is 2.11. The van der Waals surface area contributed by atoms with Crippen molar-refractivity contribution in [3.05, 3.63) is 24.8 Å². The molecular formula is C24H38N4. The average molecular weight is 383 g/mol. The molecule has 4 nitrogen and oxygen atoms in total. The van der Waals surface area contributed by atoms with Crippen LogP contribution in [0.15, 0.2) is 12.1 Å². The van der Waals surface area contributed by atoms with Crippen LogP contribution >= 0.6 is 0 Å². The van der Waals surface area contributed by atoms with Gasteiger partial charge >= 0.3 is 0 Å². The maximum Gasteiger partial charge on any atom is 0.204 e. The summed E-state index contributed by atoms with van der Waals surface area (Å²) >= 11 is 0. The topological polar surface area (TPSA) is 17.6 Å². The summed E-state index contributed by atoms with van der Waals surface area (Å²) in [6, 6.07) is 4.79. The van der Waals surface area contributed by atoms with Crippen LogP contribution in [0.2, 0.25) is 0 Å². The maximum atomic E-state index is 3.65. The van der Waals surface area contributed by atoms with Crippen molar-refractivity contribution in [3.63, 3.8) is 0 Å². The smallest absolute Gasteiger partial charge is 0.204 e. The Morgan fingerprint density at radius 2 is 1.07 bits per heavy atom. The van der Waals surface area contributed by atoms with E-state index >= 15 is 0 Å². The zero-order chi connectivity index (χ0) is 19.9. The summed E-state index contributed by atoms with van der Waals surface area (Å²) in [5.74, 6) is 0. The van der Waals surface area contributed by atoms with Crippen LogP contribution in [0, 0.1) is 12.7 Å². The van der Waals surface area contributed by atoms with Crippen LogP contribution < -0.4 is 9.13 Å². The number of benzene rings is 1. The first-order valence-corrected chi connectivity index (χ1v) is 11.5. The summed E-state index contributed by atoms with van der Waals surface area (Å²) in [6.07, 6.45) is 17.0. The van der Waals surface area contributed by atoms with Crippen LogP contribution in [0.25, 0.3) is 22.1 Å². The van der Waals surface area contributed by atoms with E-state index in [1.165, 1.54) is 73.4 Å². The lowest BCUT2D eigenvalue weighted by Gasteiger charge is -2.10. The minimum Gasteiger partial charge on any atom is -0.345 e. The number of fused-ring (bicyclic) bond motifs is 2. The molecule has 3 rings (SSSR count). The van der Waals surface area contributed by atoms with Gasteiger partial charge in [0.05, 0.1) is 26.2 Å². The Morgan fingerprint density at radius 1 is 0.643 bits per heavy atom. The maximum absolute atomic E-state index is 3.65. The zero-order valence-corrected chi connectivity index (χ0v) is 18.4. The molecule has 0 amide bonds. The largest absolute Gasteiger partial charge is 0.345 e. The lowest BCUT2D eigenvalue weighted by atomic mass is 10.2. The molecule has 2 heterocycles. The van der Waals surface area contributed by atoms with Gasteiger partial charge in [0, 0.05) is 22.1 Å². The molecule has 3 aromatic rings. The Bertz CT molecular complexity index is 748. The summed E-state index contributed by atoms with van der Waals surface area (Å²) in [6.45, 7) is 13.2. The Morgan fingerprint density at radius 3 is 1.46 bits per heavy atom. The third kappa shape index (κ3) is 4.42. The van der Waals surface area contributed by atoms with E-state index in [0.717, 1.165) is 26.2 Å². The second-order valence-corrected chi connectivity index (χ2v) is 8.05. The number of hydrogen-bond donors (Lipinski definition) is 0. The van der Waals surface area contributed by atoms with Crippen molar-refractivity contribution in [1.82, 2.24) is 9.13 Å². The van der Waals surface area contributed by atoms with Crippen LogP contribution in [-0.4, -0.2) is 9.13 Å². The van der Waals surface area contributed by atoms with Crippen molar-refractivity contribution in [2.75, 3.05) is 0 Å². The third-order valence-electron chi connectivity index (χ3n) is 5.66. The van der Waals surface area contributed by atoms with Gasteiger partial charge in [0.2, 0.25) is 12.7 Å². The molecule has 2 aromatic heterocycles. The number of nitrogens with zero attached hydrogens (tertiary/aromatic N) is 4. The number of hydrogen-bond acceptors (Lipinski definition) is 0. The van der Waals surface area contributed by atoms with E-state index in [2.05, 4.69) is 70.8 Å². The summed E-state index contributed by atoms with van der Waals surface area (Å²) in [5.41, 5.74) is 5.29. The van der Waals surface area contributed by atoms with Gasteiger partial charge in [0.1, 0.15) is 0 Å². The second-order valence-electron chi connectivity index (χ2n) is 8.05. The van der Waals surface area contributed by atoms with E-state index < -0.39 is 0 Å². The third-order valence-corrected chi connectivity index (χ3v) is 5.66. The van der Waals surface area contributed by atoms with Crippen molar-refractivity contribution < 1.29 is 9.13 Å². The first-order valence-electron chi connectivity index (χ1n) is 11.5. The van der Waals surface area contributed by atoms with Gasteiger partial charge in [-0.25, -0.2) is 0 Å². The standard InChI is InChI=1S/C24H38N4/c1-5-9-13-25-19-26(14-10-6-2)22-18-24-23(17-21(22)25)27(15-11-7-3)20-28(24)16-12-8-4/h17-18H,5-16H2,1-4H3. The summed E-state index contributed by atoms with van der Waals surface area (Å²) in [5, 5.41) is 0. The van der Waals surface area contributed by atoms with Crippen LogP contribution in [-0.2, 0) is 26.2 Å². The molecule has 1 aromatic carbocycles. The van der Waals surface area contributed by atoms with Crippen molar-refractivity contribution in [1.29, 1.82) is 0 Å². The molecule has 0 bridgehead atoms. The van der Waals surface area contributed by atoms with Crippen LogP contribution in [0.5, 0.6) is 0 Å². The Balaban J connectivity index is 2.14. The van der Waals surface area contributed by atoms with Crippen LogP contribution in [0.4, 0.5) is 0 Å². The molecule has 28 heavy (non-hydrogen) atoms. The Kier molecular flexibility index (Phi) is 7.52. The monoisotopic (exact) mass is 382 g/mol. The zero-order valence-electron chi connectivity index (χ0n) is 18.4. The SMILES string of the molecule is CCCCn1[c-][n+](CCCC)c2cc3c(cc21)n(CCCC)[c-][n+]3CCCC. The van der Waals surface area contributed by atoms with Gasteiger partial charge in [0.25, 0.3) is 0 Å². The van der Waals surface area contributed by atoms with Crippen molar-refractivity contribution >= 4 is 22.1 Å². The number of aromatic nitrogens is 4. The highest BCUT2D eigenvalue weighted by molar-refractivity contribution is 5.88. The average Bonchev–Trinajstić information content (AvgIpc) is 3.23. The number of imidazole rings is 2. The highest BCUT2D eigenvalue weighted by Crippen LogP contribution is 2.21. The molecule has 0 fully saturated rings. The fraction of sp³-hybridized carbons (Fsp3) is 0.667. The fourth-order valence-electron chi connectivity index (χ4n) is 3.87. The lowest BCUT2D eigenvalue weighted by molar-refractivity contribution is -0.680. The van der Waals surface area contributed by atoms with Crippen molar-refractivity contribution in [2.24, 2.45) is 0 Å². The molecule has 0 spiro atoms. The molecule has 0 saturated carbocycles. The minimum absolute atomic E-state index is 1.05. The predicted molar refractivity (Wildman–Crippen MR) is 115 cm³/mol. The number of unbranched alkanes of at least 4 members (excludes halogenated alkanes) is 4. The van der Waals surface area contributed by atoms with E-state index in [4.69, 9.17) is 0 Å². The van der Waals surface area contributed by atoms with E-state index in [1.54, 1.807) is 0 Å². The molecular weight excluding hydrogens is 344 g/mol. The molecule has 0 radical (unpaired) electrons. The van der Waals surface area contributed by atoms with Gasteiger partial charge in [0.15, 0.2) is 0 Å². The van der Waals surface area contributed by atoms with Gasteiger partial charge in [-0.15, -0.1) is 0 Å². The molecule has 0 aliphatic carbocycles. The first-order chi connectivity index (χ1) is 13.7. The predicted octanol–water partition coefficient (Wildman–Crippen LogP) is 4.97. The Hall–Kier alpha value is -1.84.